The molecule has 8 nitrogen and oxygen atoms in total. The molecule has 2 heterocycles. The number of rotatable bonds is 7. The second-order valence-corrected chi connectivity index (χ2v) is 18.4. The molecule has 3 aromatic rings. The fourth-order valence-corrected chi connectivity index (χ4v) is 10.3. The van der Waals surface area contributed by atoms with Crippen molar-refractivity contribution in [1.82, 2.24) is 9.55 Å². The summed E-state index contributed by atoms with van der Waals surface area (Å²) in [4.78, 5) is 27.2. The zero-order chi connectivity index (χ0) is 29.3. The summed E-state index contributed by atoms with van der Waals surface area (Å²) in [6.07, 6.45) is 1.54. The molecule has 0 amide bonds. The van der Waals surface area contributed by atoms with E-state index in [0.29, 0.717) is 12.0 Å². The van der Waals surface area contributed by atoms with E-state index in [-0.39, 0.29) is 5.04 Å². The van der Waals surface area contributed by atoms with Gasteiger partial charge in [0, 0.05) is 24.4 Å². The van der Waals surface area contributed by atoms with Gasteiger partial charge < -0.3 is 9.16 Å². The van der Waals surface area contributed by atoms with Crippen molar-refractivity contribution in [3.05, 3.63) is 93.3 Å². The largest absolute Gasteiger partial charge is 0.401 e. The van der Waals surface area contributed by atoms with Gasteiger partial charge in [0.15, 0.2) is 0 Å². The minimum Gasteiger partial charge on any atom is -0.401 e. The van der Waals surface area contributed by atoms with Gasteiger partial charge in [0.25, 0.3) is 13.9 Å². The predicted molar refractivity (Wildman–Crippen MR) is 163 cm³/mol. The molecule has 4 rings (SSSR count). The second-order valence-electron chi connectivity index (χ2n) is 12.2. The van der Waals surface area contributed by atoms with E-state index in [1.165, 1.54) is 10.8 Å². The van der Waals surface area contributed by atoms with E-state index in [4.69, 9.17) is 9.16 Å². The molecule has 1 aromatic heterocycles. The summed E-state index contributed by atoms with van der Waals surface area (Å²) in [6.45, 7) is 13.8. The Morgan fingerprint density at radius 3 is 2.05 bits per heavy atom. The monoisotopic (exact) mass is 581 g/mol. The van der Waals surface area contributed by atoms with E-state index in [9.17, 15) is 13.8 Å². The predicted octanol–water partition coefficient (Wildman–Crippen LogP) is 3.61. The fourth-order valence-electron chi connectivity index (χ4n) is 5.07. The third-order valence-corrected chi connectivity index (χ3v) is 13.6. The maximum atomic E-state index is 12.8. The van der Waals surface area contributed by atoms with Gasteiger partial charge in [0.1, 0.15) is 23.3 Å². The number of nitrogens with zero attached hydrogens (tertiary/aromatic N) is 2. The minimum absolute atomic E-state index is 0.283. The Balaban J connectivity index is 1.85. The average molecular weight is 582 g/mol. The Labute approximate surface area is 239 Å². The molecule has 1 aliphatic heterocycles. The molecule has 1 saturated heterocycles. The van der Waals surface area contributed by atoms with Crippen LogP contribution in [0.3, 0.4) is 0 Å². The lowest BCUT2D eigenvalue weighted by Crippen LogP contribution is -2.68. The van der Waals surface area contributed by atoms with Crippen LogP contribution in [-0.2, 0) is 20.1 Å². The van der Waals surface area contributed by atoms with Crippen LogP contribution in [0.25, 0.3) is 0 Å². The van der Waals surface area contributed by atoms with Crippen molar-refractivity contribution >= 4 is 35.9 Å². The van der Waals surface area contributed by atoms with Crippen molar-refractivity contribution in [2.45, 2.75) is 83.1 Å². The SMILES string of the molecule is Cc1cn([C@H]2C[C@H](O[Si](c3ccccc3)(c3ccccc3)C(C)(C)C)[C@@H](/C=N/S(=O)C(C)(C)C)O2)c(=O)[nH]c1=O. The van der Waals surface area contributed by atoms with E-state index >= 15 is 0 Å². The maximum absolute atomic E-state index is 12.8. The molecule has 1 aliphatic rings. The van der Waals surface area contributed by atoms with E-state index in [1.807, 2.05) is 57.2 Å². The lowest BCUT2D eigenvalue weighted by Gasteiger charge is -2.45. The molecule has 214 valence electrons. The third-order valence-electron chi connectivity index (χ3n) is 7.14. The first-order valence-corrected chi connectivity index (χ1v) is 16.5. The fraction of sp³-hybridized carbons (Fsp3) is 0.433. The molecule has 40 heavy (non-hydrogen) atoms. The van der Waals surface area contributed by atoms with E-state index in [2.05, 4.69) is 54.4 Å². The standard InChI is InChI=1S/C30H39N3O5SSi/c1-21-20-33(28(35)32-27(21)34)26-18-24(25(37-26)19-31-39(36)29(2,3)4)38-40(30(5,6)7,22-14-10-8-11-15-22)23-16-12-9-13-17-23/h8-17,19-20,24-26H,18H2,1-7H3,(H,32,34,35)/b31-19+/t24-,25+,26+,39?/m0/s1. The number of hydrogen-bond donors (Lipinski definition) is 1. The highest BCUT2D eigenvalue weighted by Gasteiger charge is 2.53. The molecule has 0 bridgehead atoms. The van der Waals surface area contributed by atoms with Crippen LogP contribution < -0.4 is 21.6 Å². The molecule has 1 N–H and O–H groups in total. The van der Waals surface area contributed by atoms with Gasteiger partial charge in [0.05, 0.1) is 10.9 Å². The maximum Gasteiger partial charge on any atom is 0.330 e. The first kappa shape index (κ1) is 30.0. The molecule has 0 saturated carbocycles. The van der Waals surface area contributed by atoms with Gasteiger partial charge in [-0.1, -0.05) is 81.4 Å². The summed E-state index contributed by atoms with van der Waals surface area (Å²) in [5.74, 6) is 0. The van der Waals surface area contributed by atoms with Crippen molar-refractivity contribution in [1.29, 1.82) is 0 Å². The van der Waals surface area contributed by atoms with Crippen molar-refractivity contribution < 1.29 is 13.4 Å². The molecule has 0 spiro atoms. The lowest BCUT2D eigenvalue weighted by molar-refractivity contribution is 0.0188. The normalized spacial score (nSPS) is 21.1. The molecule has 2 aromatic carbocycles. The van der Waals surface area contributed by atoms with Crippen LogP contribution in [0.2, 0.25) is 5.04 Å². The van der Waals surface area contributed by atoms with Gasteiger partial charge in [-0.2, -0.15) is 4.40 Å². The topological polar surface area (TPSA) is 103 Å². The Morgan fingerprint density at radius 1 is 1.00 bits per heavy atom. The van der Waals surface area contributed by atoms with Crippen LogP contribution in [0.4, 0.5) is 0 Å². The van der Waals surface area contributed by atoms with Gasteiger partial charge in [-0.3, -0.25) is 14.3 Å². The Morgan fingerprint density at radius 2 is 1.55 bits per heavy atom. The number of hydrogen-bond acceptors (Lipinski definition) is 5. The number of benzene rings is 2. The summed E-state index contributed by atoms with van der Waals surface area (Å²) in [5.41, 5.74) is -0.586. The molecule has 0 radical (unpaired) electrons. The van der Waals surface area contributed by atoms with Crippen LogP contribution in [-0.4, -0.2) is 45.2 Å². The van der Waals surface area contributed by atoms with Crippen molar-refractivity contribution in [2.75, 3.05) is 0 Å². The van der Waals surface area contributed by atoms with Gasteiger partial charge in [-0.15, -0.1) is 0 Å². The van der Waals surface area contributed by atoms with E-state index in [0.717, 1.165) is 10.4 Å². The molecular formula is C30H39N3O5SSi. The van der Waals surface area contributed by atoms with Gasteiger partial charge >= 0.3 is 5.69 Å². The number of aryl methyl sites for hydroxylation is 1. The van der Waals surface area contributed by atoms with Crippen molar-refractivity contribution in [3.63, 3.8) is 0 Å². The van der Waals surface area contributed by atoms with Gasteiger partial charge in [-0.05, 0) is 43.1 Å². The third kappa shape index (κ3) is 6.05. The molecule has 10 heteroatoms. The van der Waals surface area contributed by atoms with Crippen LogP contribution in [0.15, 0.2) is 80.8 Å². The van der Waals surface area contributed by atoms with Crippen LogP contribution >= 0.6 is 0 Å². The Hall–Kier alpha value is -2.92. The highest BCUT2D eigenvalue weighted by Crippen LogP contribution is 2.41. The zero-order valence-corrected chi connectivity index (χ0v) is 26.0. The van der Waals surface area contributed by atoms with Crippen LogP contribution in [0.1, 0.15) is 59.8 Å². The van der Waals surface area contributed by atoms with Gasteiger partial charge in [-0.25, -0.2) is 9.00 Å². The van der Waals surface area contributed by atoms with Crippen molar-refractivity contribution in [3.8, 4) is 0 Å². The smallest absolute Gasteiger partial charge is 0.330 e. The van der Waals surface area contributed by atoms with Crippen LogP contribution in [0.5, 0.6) is 0 Å². The van der Waals surface area contributed by atoms with Crippen LogP contribution in [0, 0.1) is 6.92 Å². The number of aromatic nitrogens is 2. The highest BCUT2D eigenvalue weighted by atomic mass is 32.2. The number of ether oxygens (including phenoxy) is 1. The molecule has 1 unspecified atom stereocenters. The Bertz CT molecular complexity index is 1450. The minimum atomic E-state index is -2.98. The average Bonchev–Trinajstić information content (AvgIpc) is 3.29. The summed E-state index contributed by atoms with van der Waals surface area (Å²) in [6, 6.07) is 20.6. The first-order chi connectivity index (χ1) is 18.7. The van der Waals surface area contributed by atoms with Crippen molar-refractivity contribution in [2.24, 2.45) is 4.40 Å². The zero-order valence-electron chi connectivity index (χ0n) is 24.2. The molecule has 1 fully saturated rings. The quantitative estimate of drug-likeness (QED) is 0.339. The van der Waals surface area contributed by atoms with E-state index in [1.54, 1.807) is 13.1 Å². The summed E-state index contributed by atoms with van der Waals surface area (Å²) < 4.78 is 31.8. The molecule has 4 atom stereocenters. The Kier molecular flexibility index (Phi) is 8.65. The number of aromatic amines is 1. The lowest BCUT2D eigenvalue weighted by atomic mass is 10.2. The summed E-state index contributed by atoms with van der Waals surface area (Å²) in [5, 5.41) is 1.95. The highest BCUT2D eigenvalue weighted by molar-refractivity contribution is 7.85. The second kappa shape index (κ2) is 11.5. The number of nitrogens with one attached hydrogen (secondary N) is 1. The first-order valence-electron chi connectivity index (χ1n) is 13.5. The summed E-state index contributed by atoms with van der Waals surface area (Å²) in [7, 11) is -4.47. The van der Waals surface area contributed by atoms with Gasteiger partial charge in [0.2, 0.25) is 0 Å². The van der Waals surface area contributed by atoms with E-state index < -0.39 is 53.7 Å². The molecule has 0 aliphatic carbocycles. The number of H-pyrrole nitrogens is 1. The summed E-state index contributed by atoms with van der Waals surface area (Å²) >= 11 is 0. The molecular weight excluding hydrogens is 542 g/mol.